The summed E-state index contributed by atoms with van der Waals surface area (Å²) in [4.78, 5) is 16.7. The number of rotatable bonds is 8. The van der Waals surface area contributed by atoms with Crippen LogP contribution in [-0.2, 0) is 17.6 Å². The third-order valence-corrected chi connectivity index (χ3v) is 4.83. The molecular weight excluding hydrogens is 352 g/mol. The van der Waals surface area contributed by atoms with Gasteiger partial charge < -0.3 is 15.6 Å². The Kier molecular flexibility index (Phi) is 6.55. The van der Waals surface area contributed by atoms with Gasteiger partial charge in [-0.15, -0.1) is 0 Å². The van der Waals surface area contributed by atoms with Crippen molar-refractivity contribution in [3.05, 3.63) is 71.5 Å². The zero-order valence-electron chi connectivity index (χ0n) is 16.3. The van der Waals surface area contributed by atoms with Crippen LogP contribution < -0.4 is 11.1 Å². The Morgan fingerprint density at radius 3 is 2.50 bits per heavy atom. The van der Waals surface area contributed by atoms with Crippen molar-refractivity contribution in [2.24, 2.45) is 11.7 Å². The predicted molar refractivity (Wildman–Crippen MR) is 108 cm³/mol. The van der Waals surface area contributed by atoms with E-state index in [1.54, 1.807) is 0 Å². The molecule has 0 saturated carbocycles. The van der Waals surface area contributed by atoms with Crippen molar-refractivity contribution >= 4 is 5.91 Å². The number of aryl methyl sites for hydroxylation is 1. The van der Waals surface area contributed by atoms with Crippen molar-refractivity contribution < 1.29 is 9.32 Å². The standard InChI is InChI=1S/C22H26N4O2/c1-3-19-25-22(28-26-19)18-11-9-16(10-12-18)13-14-24-21(27)15(2)20(23)17-7-5-4-6-8-17/h4-12,15,20H,3,13-14,23H2,1-2H3,(H,24,27). The maximum Gasteiger partial charge on any atom is 0.257 e. The Morgan fingerprint density at radius 1 is 1.14 bits per heavy atom. The van der Waals surface area contributed by atoms with Gasteiger partial charge in [-0.05, 0) is 29.7 Å². The zero-order chi connectivity index (χ0) is 19.9. The van der Waals surface area contributed by atoms with E-state index in [-0.39, 0.29) is 17.9 Å². The smallest absolute Gasteiger partial charge is 0.257 e. The maximum atomic E-state index is 12.4. The van der Waals surface area contributed by atoms with Crippen molar-refractivity contribution in [3.63, 3.8) is 0 Å². The first kappa shape index (κ1) is 19.8. The first-order valence-electron chi connectivity index (χ1n) is 9.58. The van der Waals surface area contributed by atoms with Crippen molar-refractivity contribution in [1.29, 1.82) is 0 Å². The van der Waals surface area contributed by atoms with E-state index in [1.807, 2.05) is 68.4 Å². The van der Waals surface area contributed by atoms with Crippen LogP contribution in [0.25, 0.3) is 11.5 Å². The average Bonchev–Trinajstić information content (AvgIpc) is 3.23. The van der Waals surface area contributed by atoms with Gasteiger partial charge in [-0.3, -0.25) is 4.79 Å². The Morgan fingerprint density at radius 2 is 1.86 bits per heavy atom. The Hall–Kier alpha value is -2.99. The highest BCUT2D eigenvalue weighted by atomic mass is 16.5. The molecule has 1 aromatic heterocycles. The molecule has 6 heteroatoms. The number of nitrogens with one attached hydrogen (secondary N) is 1. The summed E-state index contributed by atoms with van der Waals surface area (Å²) in [7, 11) is 0. The van der Waals surface area contributed by atoms with Gasteiger partial charge in [-0.1, -0.05) is 61.5 Å². The molecule has 2 atom stereocenters. The number of carbonyl (C=O) groups is 1. The summed E-state index contributed by atoms with van der Waals surface area (Å²) in [5.41, 5.74) is 9.21. The van der Waals surface area contributed by atoms with Gasteiger partial charge in [-0.25, -0.2) is 0 Å². The molecule has 0 aliphatic carbocycles. The lowest BCUT2D eigenvalue weighted by molar-refractivity contribution is -0.125. The minimum absolute atomic E-state index is 0.0362. The van der Waals surface area contributed by atoms with Crippen LogP contribution in [0.3, 0.4) is 0 Å². The first-order valence-corrected chi connectivity index (χ1v) is 9.58. The van der Waals surface area contributed by atoms with Gasteiger partial charge >= 0.3 is 0 Å². The van der Waals surface area contributed by atoms with Gasteiger partial charge in [0.25, 0.3) is 5.89 Å². The summed E-state index contributed by atoms with van der Waals surface area (Å²) < 4.78 is 5.25. The summed E-state index contributed by atoms with van der Waals surface area (Å²) in [5.74, 6) is 0.894. The fourth-order valence-electron chi connectivity index (χ4n) is 2.95. The topological polar surface area (TPSA) is 94.0 Å². The molecular formula is C22H26N4O2. The molecule has 2 aromatic carbocycles. The molecule has 0 spiro atoms. The normalized spacial score (nSPS) is 13.1. The molecule has 0 aliphatic rings. The molecule has 3 rings (SSSR count). The molecule has 0 bridgehead atoms. The number of nitrogens with two attached hydrogens (primary N) is 1. The summed E-state index contributed by atoms with van der Waals surface area (Å²) in [6.07, 6.45) is 1.48. The first-order chi connectivity index (χ1) is 13.6. The van der Waals surface area contributed by atoms with E-state index in [0.29, 0.717) is 18.3 Å². The molecule has 3 aromatic rings. The highest BCUT2D eigenvalue weighted by Crippen LogP contribution is 2.20. The quantitative estimate of drug-likeness (QED) is 0.627. The van der Waals surface area contributed by atoms with Crippen LogP contribution in [-0.4, -0.2) is 22.6 Å². The van der Waals surface area contributed by atoms with E-state index in [0.717, 1.165) is 29.5 Å². The maximum absolute atomic E-state index is 12.4. The molecule has 0 aliphatic heterocycles. The lowest BCUT2D eigenvalue weighted by Gasteiger charge is -2.19. The third kappa shape index (κ3) is 4.84. The largest absolute Gasteiger partial charge is 0.355 e. The number of aromatic nitrogens is 2. The lowest BCUT2D eigenvalue weighted by Crippen LogP contribution is -2.36. The van der Waals surface area contributed by atoms with Gasteiger partial charge in [0.15, 0.2) is 5.82 Å². The molecule has 1 heterocycles. The Bertz CT molecular complexity index is 890. The van der Waals surface area contributed by atoms with Crippen molar-refractivity contribution in [3.8, 4) is 11.5 Å². The minimum atomic E-state index is -0.317. The van der Waals surface area contributed by atoms with Crippen LogP contribution in [0.15, 0.2) is 59.1 Å². The molecule has 1 amide bonds. The third-order valence-electron chi connectivity index (χ3n) is 4.83. The van der Waals surface area contributed by atoms with E-state index >= 15 is 0 Å². The number of hydrogen-bond acceptors (Lipinski definition) is 5. The number of hydrogen-bond donors (Lipinski definition) is 2. The van der Waals surface area contributed by atoms with E-state index in [2.05, 4.69) is 15.5 Å². The summed E-state index contributed by atoms with van der Waals surface area (Å²) in [6.45, 7) is 4.40. The van der Waals surface area contributed by atoms with Gasteiger partial charge in [0.1, 0.15) is 0 Å². The van der Waals surface area contributed by atoms with Gasteiger partial charge in [0.2, 0.25) is 5.91 Å². The second-order valence-electron chi connectivity index (χ2n) is 6.83. The van der Waals surface area contributed by atoms with Crippen LogP contribution in [0.5, 0.6) is 0 Å². The molecule has 28 heavy (non-hydrogen) atoms. The van der Waals surface area contributed by atoms with Gasteiger partial charge in [-0.2, -0.15) is 4.98 Å². The summed E-state index contributed by atoms with van der Waals surface area (Å²) >= 11 is 0. The van der Waals surface area contributed by atoms with E-state index in [4.69, 9.17) is 10.3 Å². The van der Waals surface area contributed by atoms with Crippen LogP contribution in [0.4, 0.5) is 0 Å². The van der Waals surface area contributed by atoms with Gasteiger partial charge in [0, 0.05) is 24.6 Å². The van der Waals surface area contributed by atoms with Crippen molar-refractivity contribution in [2.75, 3.05) is 6.54 Å². The highest BCUT2D eigenvalue weighted by Gasteiger charge is 2.21. The van der Waals surface area contributed by atoms with Crippen LogP contribution in [0.2, 0.25) is 0 Å². The van der Waals surface area contributed by atoms with Crippen LogP contribution >= 0.6 is 0 Å². The predicted octanol–water partition coefficient (Wildman–Crippen LogP) is 3.29. The zero-order valence-corrected chi connectivity index (χ0v) is 16.3. The van der Waals surface area contributed by atoms with Crippen molar-refractivity contribution in [2.45, 2.75) is 32.7 Å². The fourth-order valence-corrected chi connectivity index (χ4v) is 2.95. The molecule has 0 radical (unpaired) electrons. The van der Waals surface area contributed by atoms with Crippen molar-refractivity contribution in [1.82, 2.24) is 15.5 Å². The molecule has 0 fully saturated rings. The van der Waals surface area contributed by atoms with Crippen LogP contribution in [0.1, 0.15) is 36.8 Å². The van der Waals surface area contributed by atoms with E-state index < -0.39 is 0 Å². The number of amides is 1. The fraction of sp³-hybridized carbons (Fsp3) is 0.318. The SMILES string of the molecule is CCc1noc(-c2ccc(CCNC(=O)C(C)C(N)c3ccccc3)cc2)n1. The lowest BCUT2D eigenvalue weighted by atomic mass is 9.94. The number of benzene rings is 2. The molecule has 146 valence electrons. The number of nitrogens with zero attached hydrogens (tertiary/aromatic N) is 2. The average molecular weight is 378 g/mol. The van der Waals surface area contributed by atoms with E-state index in [1.165, 1.54) is 0 Å². The molecule has 0 saturated heterocycles. The second-order valence-corrected chi connectivity index (χ2v) is 6.83. The second kappa shape index (κ2) is 9.28. The van der Waals surface area contributed by atoms with E-state index in [9.17, 15) is 4.79 Å². The Balaban J connectivity index is 1.49. The van der Waals surface area contributed by atoms with Crippen LogP contribution in [0, 0.1) is 5.92 Å². The highest BCUT2D eigenvalue weighted by molar-refractivity contribution is 5.79. The van der Waals surface area contributed by atoms with Gasteiger partial charge in [0.05, 0.1) is 5.92 Å². The minimum Gasteiger partial charge on any atom is -0.355 e. The molecule has 6 nitrogen and oxygen atoms in total. The number of carbonyl (C=O) groups excluding carboxylic acids is 1. The molecule has 2 unspecified atom stereocenters. The molecule has 3 N–H and O–H groups in total. The monoisotopic (exact) mass is 378 g/mol. The summed E-state index contributed by atoms with van der Waals surface area (Å²) in [5, 5.41) is 6.89. The summed E-state index contributed by atoms with van der Waals surface area (Å²) in [6, 6.07) is 17.3. The Labute approximate surface area is 165 Å².